The molecule has 0 spiro atoms. The van der Waals surface area contributed by atoms with Crippen molar-refractivity contribution in [3.63, 3.8) is 0 Å². The van der Waals surface area contributed by atoms with Crippen LogP contribution in [-0.2, 0) is 15.6 Å². The molecular weight excluding hydrogens is 394 g/mol. The lowest BCUT2D eigenvalue weighted by molar-refractivity contribution is -0.115. The van der Waals surface area contributed by atoms with Crippen molar-refractivity contribution >= 4 is 34.8 Å². The summed E-state index contributed by atoms with van der Waals surface area (Å²) in [4.78, 5) is 36.5. The fraction of sp³-hybridized carbons (Fsp3) is 0.320. The molecule has 2 aromatic carbocycles. The molecule has 2 amide bonds. The predicted molar refractivity (Wildman–Crippen MR) is 121 cm³/mol. The molecule has 1 N–H and O–H groups in total. The number of hydrogen-bond acceptors (Lipinski definition) is 4. The Morgan fingerprint density at radius 2 is 1.50 bits per heavy atom. The van der Waals surface area contributed by atoms with E-state index in [9.17, 15) is 14.4 Å². The second-order valence-electron chi connectivity index (χ2n) is 9.33. The van der Waals surface area contributed by atoms with E-state index in [0.29, 0.717) is 16.0 Å². The average Bonchev–Trinajstić information content (AvgIpc) is 3.02. The van der Waals surface area contributed by atoms with Gasteiger partial charge in [-0.25, -0.2) is 0 Å². The number of fused-ring (bicyclic) bond motifs is 1. The summed E-state index contributed by atoms with van der Waals surface area (Å²) < 4.78 is 0. The third kappa shape index (κ3) is 3.74. The van der Waals surface area contributed by atoms with Gasteiger partial charge < -0.3 is 0 Å². The molecule has 1 fully saturated rings. The molecule has 0 unspecified atom stereocenters. The van der Waals surface area contributed by atoms with Crippen molar-refractivity contribution < 1.29 is 14.4 Å². The number of imide groups is 1. The Hall–Kier alpha value is -2.66. The fourth-order valence-corrected chi connectivity index (χ4v) is 4.88. The zero-order chi connectivity index (χ0) is 21.7. The van der Waals surface area contributed by atoms with Gasteiger partial charge in [0.2, 0.25) is 0 Å². The maximum Gasteiger partial charge on any atom is 0.290 e. The lowest BCUT2D eigenvalue weighted by atomic mass is 9.63. The molecule has 2 aromatic rings. The summed E-state index contributed by atoms with van der Waals surface area (Å²) >= 11 is 0.883. The zero-order valence-electron chi connectivity index (χ0n) is 17.7. The first-order valence-electron chi connectivity index (χ1n) is 10.1. The molecule has 2 aliphatic rings. The van der Waals surface area contributed by atoms with E-state index in [1.165, 1.54) is 11.1 Å². The number of thioether (sulfide) groups is 1. The molecule has 4 rings (SSSR count). The smallest absolute Gasteiger partial charge is 0.289 e. The second-order valence-corrected chi connectivity index (χ2v) is 10.3. The van der Waals surface area contributed by atoms with Crippen LogP contribution < -0.4 is 5.32 Å². The van der Waals surface area contributed by atoms with Crippen molar-refractivity contribution in [2.24, 2.45) is 0 Å². The number of hydrogen-bond donors (Lipinski definition) is 1. The van der Waals surface area contributed by atoms with E-state index in [2.05, 4.69) is 45.1 Å². The van der Waals surface area contributed by atoms with Crippen LogP contribution in [0.5, 0.6) is 0 Å². The zero-order valence-corrected chi connectivity index (χ0v) is 18.5. The van der Waals surface area contributed by atoms with Crippen molar-refractivity contribution in [1.29, 1.82) is 0 Å². The first kappa shape index (κ1) is 20.6. The van der Waals surface area contributed by atoms with Crippen molar-refractivity contribution in [2.75, 3.05) is 0 Å². The van der Waals surface area contributed by atoms with Crippen LogP contribution in [-0.4, -0.2) is 16.9 Å². The summed E-state index contributed by atoms with van der Waals surface area (Å²) in [7, 11) is 0. The Morgan fingerprint density at radius 1 is 0.900 bits per heavy atom. The van der Waals surface area contributed by atoms with E-state index < -0.39 is 0 Å². The molecule has 1 aliphatic carbocycles. The van der Waals surface area contributed by atoms with Gasteiger partial charge in [-0.2, -0.15) is 0 Å². The van der Waals surface area contributed by atoms with Gasteiger partial charge in [0.25, 0.3) is 11.1 Å². The molecule has 0 atom stereocenters. The second kappa shape index (κ2) is 7.24. The molecule has 0 aromatic heterocycles. The Balaban J connectivity index is 1.62. The van der Waals surface area contributed by atoms with E-state index in [-0.39, 0.29) is 27.8 Å². The Morgan fingerprint density at radius 3 is 2.10 bits per heavy atom. The van der Waals surface area contributed by atoms with Crippen LogP contribution in [0.4, 0.5) is 4.79 Å². The van der Waals surface area contributed by atoms with Gasteiger partial charge in [0.1, 0.15) is 0 Å². The van der Waals surface area contributed by atoms with Crippen molar-refractivity contribution in [2.45, 2.75) is 51.4 Å². The molecule has 1 aliphatic heterocycles. The molecule has 0 bridgehead atoms. The number of nitrogens with one attached hydrogen (secondary N) is 1. The summed E-state index contributed by atoms with van der Waals surface area (Å²) in [5.74, 6) is -0.399. The van der Waals surface area contributed by atoms with E-state index in [4.69, 9.17) is 0 Å². The first-order valence-corrected chi connectivity index (χ1v) is 10.9. The van der Waals surface area contributed by atoms with Crippen molar-refractivity contribution in [1.82, 2.24) is 5.32 Å². The topological polar surface area (TPSA) is 63.2 Å². The predicted octanol–water partition coefficient (Wildman–Crippen LogP) is 5.59. The third-order valence-electron chi connectivity index (χ3n) is 6.23. The Kier molecular flexibility index (Phi) is 4.97. The largest absolute Gasteiger partial charge is 0.290 e. The van der Waals surface area contributed by atoms with E-state index in [1.807, 2.05) is 6.07 Å². The van der Waals surface area contributed by atoms with Crippen LogP contribution in [0.3, 0.4) is 0 Å². The van der Waals surface area contributed by atoms with Gasteiger partial charge in [-0.05, 0) is 64.3 Å². The maximum absolute atomic E-state index is 13.1. The van der Waals surface area contributed by atoms with Gasteiger partial charge in [0, 0.05) is 11.1 Å². The summed E-state index contributed by atoms with van der Waals surface area (Å²) in [5, 5.41) is 1.87. The monoisotopic (exact) mass is 419 g/mol. The minimum Gasteiger partial charge on any atom is -0.289 e. The maximum atomic E-state index is 13.1. The highest BCUT2D eigenvalue weighted by Crippen LogP contribution is 2.46. The highest BCUT2D eigenvalue weighted by atomic mass is 32.2. The number of amides is 2. The minimum atomic E-state index is -0.384. The van der Waals surface area contributed by atoms with Crippen LogP contribution in [0, 0.1) is 0 Å². The van der Waals surface area contributed by atoms with Crippen LogP contribution in [0.2, 0.25) is 0 Å². The fourth-order valence-electron chi connectivity index (χ4n) is 4.20. The van der Waals surface area contributed by atoms with Gasteiger partial charge in [-0.1, -0.05) is 64.1 Å². The quantitative estimate of drug-likeness (QED) is 0.520. The van der Waals surface area contributed by atoms with E-state index >= 15 is 0 Å². The summed E-state index contributed by atoms with van der Waals surface area (Å²) in [6, 6.07) is 13.2. The summed E-state index contributed by atoms with van der Waals surface area (Å²) in [6.45, 7) is 9.04. The summed E-state index contributed by atoms with van der Waals surface area (Å²) in [5.41, 5.74) is 4.83. The molecule has 4 nitrogen and oxygen atoms in total. The van der Waals surface area contributed by atoms with Gasteiger partial charge in [-0.3, -0.25) is 19.7 Å². The standard InChI is InChI=1S/C25H25NO3S/c1-24(2)11-12-25(3,4)19-14-17(9-10-18(19)24)21(27)16-7-5-15(6-8-16)13-20-22(28)26-23(29)30-20/h5-10,13-14H,11-12H2,1-4H3,(H,26,28,29)/b20-13-. The van der Waals surface area contributed by atoms with Crippen molar-refractivity contribution in [3.05, 3.63) is 75.2 Å². The highest BCUT2D eigenvalue weighted by Gasteiger charge is 2.37. The first-order chi connectivity index (χ1) is 14.1. The van der Waals surface area contributed by atoms with Crippen LogP contribution in [0.1, 0.15) is 73.1 Å². The SMILES string of the molecule is CC1(C)CCC(C)(C)c2cc(C(=O)c3ccc(/C=C4\SC(=O)NC4=O)cc3)ccc21. The molecular formula is C25H25NO3S. The van der Waals surface area contributed by atoms with Crippen LogP contribution >= 0.6 is 11.8 Å². The third-order valence-corrected chi connectivity index (χ3v) is 7.04. The number of benzene rings is 2. The van der Waals surface area contributed by atoms with E-state index in [0.717, 1.165) is 30.2 Å². The minimum absolute atomic E-state index is 0.0145. The number of rotatable bonds is 3. The van der Waals surface area contributed by atoms with E-state index in [1.54, 1.807) is 30.3 Å². The molecule has 30 heavy (non-hydrogen) atoms. The molecule has 154 valence electrons. The average molecular weight is 420 g/mol. The van der Waals surface area contributed by atoms with Gasteiger partial charge in [-0.15, -0.1) is 0 Å². The molecule has 5 heteroatoms. The Bertz CT molecular complexity index is 1090. The lowest BCUT2D eigenvalue weighted by Gasteiger charge is -2.42. The van der Waals surface area contributed by atoms with Gasteiger partial charge in [0.15, 0.2) is 5.78 Å². The van der Waals surface area contributed by atoms with Crippen molar-refractivity contribution in [3.8, 4) is 0 Å². The number of ketones is 1. The normalized spacial score (nSPS) is 20.7. The van der Waals surface area contributed by atoms with Gasteiger partial charge in [0.05, 0.1) is 4.91 Å². The van der Waals surface area contributed by atoms with Gasteiger partial charge >= 0.3 is 0 Å². The molecule has 0 saturated carbocycles. The number of carbonyl (C=O) groups is 3. The molecule has 1 heterocycles. The summed E-state index contributed by atoms with van der Waals surface area (Å²) in [6.07, 6.45) is 3.89. The molecule has 0 radical (unpaired) electrons. The number of carbonyl (C=O) groups excluding carboxylic acids is 3. The lowest BCUT2D eigenvalue weighted by Crippen LogP contribution is -2.34. The Labute approximate surface area is 181 Å². The van der Waals surface area contributed by atoms with Crippen LogP contribution in [0.15, 0.2) is 47.4 Å². The molecule has 1 saturated heterocycles. The highest BCUT2D eigenvalue weighted by molar-refractivity contribution is 8.18. The van der Waals surface area contributed by atoms with Crippen LogP contribution in [0.25, 0.3) is 6.08 Å².